The molecule has 0 bridgehead atoms. The van der Waals surface area contributed by atoms with Gasteiger partial charge in [-0.1, -0.05) is 19.0 Å². The minimum atomic E-state index is -0.363. The van der Waals surface area contributed by atoms with Gasteiger partial charge in [-0.15, -0.1) is 0 Å². The molecular weight excluding hydrogens is 260 g/mol. The highest BCUT2D eigenvalue weighted by molar-refractivity contribution is 4.92. The summed E-state index contributed by atoms with van der Waals surface area (Å²) in [6.45, 7) is 4.57. The van der Waals surface area contributed by atoms with E-state index in [1.807, 2.05) is 13.8 Å². The van der Waals surface area contributed by atoms with Crippen molar-refractivity contribution >= 4 is 0 Å². The van der Waals surface area contributed by atoms with Gasteiger partial charge in [-0.25, -0.2) is 4.79 Å². The van der Waals surface area contributed by atoms with Gasteiger partial charge in [-0.05, 0) is 12.8 Å². The Bertz CT molecular complexity index is 683. The summed E-state index contributed by atoms with van der Waals surface area (Å²) in [4.78, 5) is 28.1. The van der Waals surface area contributed by atoms with Crippen LogP contribution in [0.4, 0.5) is 0 Å². The summed E-state index contributed by atoms with van der Waals surface area (Å²) in [6, 6.07) is 1.38. The van der Waals surface area contributed by atoms with Crippen LogP contribution < -0.4 is 11.2 Å². The lowest BCUT2D eigenvalue weighted by atomic mass is 10.3. The number of hydrogen-bond donors (Lipinski definition) is 0. The van der Waals surface area contributed by atoms with Crippen LogP contribution in [-0.2, 0) is 19.5 Å². The number of nitrogens with zero attached hydrogens (tertiary/aromatic N) is 4. The van der Waals surface area contributed by atoms with E-state index in [2.05, 4.69) is 10.1 Å². The maximum atomic E-state index is 12.2. The van der Waals surface area contributed by atoms with E-state index in [9.17, 15) is 9.59 Å². The minimum Gasteiger partial charge on any atom is -0.337 e. The summed E-state index contributed by atoms with van der Waals surface area (Å²) in [7, 11) is 0. The molecular formula is C13H18N4O3. The van der Waals surface area contributed by atoms with Gasteiger partial charge in [-0.2, -0.15) is 4.98 Å². The first-order valence-electron chi connectivity index (χ1n) is 6.77. The van der Waals surface area contributed by atoms with Crippen LogP contribution in [0.5, 0.6) is 0 Å². The van der Waals surface area contributed by atoms with E-state index < -0.39 is 0 Å². The van der Waals surface area contributed by atoms with Gasteiger partial charge in [0.05, 0.1) is 0 Å². The summed E-state index contributed by atoms with van der Waals surface area (Å²) in [5.41, 5.74) is -0.716. The van der Waals surface area contributed by atoms with E-state index in [1.54, 1.807) is 0 Å². The Morgan fingerprint density at radius 1 is 1.25 bits per heavy atom. The molecule has 7 heteroatoms. The third kappa shape index (κ3) is 3.04. The van der Waals surface area contributed by atoms with Crippen molar-refractivity contribution < 1.29 is 4.52 Å². The molecule has 2 rings (SSSR count). The molecule has 0 unspecified atom stereocenters. The number of rotatable bonds is 6. The Morgan fingerprint density at radius 2 is 2.05 bits per heavy atom. The molecule has 0 radical (unpaired) electrons. The van der Waals surface area contributed by atoms with Crippen LogP contribution in [0.3, 0.4) is 0 Å². The van der Waals surface area contributed by atoms with Crippen LogP contribution in [0.15, 0.2) is 26.4 Å². The second-order valence-corrected chi connectivity index (χ2v) is 4.57. The average Bonchev–Trinajstić information content (AvgIpc) is 2.86. The normalized spacial score (nSPS) is 10.9. The Hall–Kier alpha value is -2.18. The maximum Gasteiger partial charge on any atom is 0.331 e. The van der Waals surface area contributed by atoms with E-state index in [1.165, 1.54) is 16.8 Å². The molecule has 108 valence electrons. The van der Waals surface area contributed by atoms with Crippen LogP contribution in [0, 0.1) is 0 Å². The molecule has 2 aromatic heterocycles. The van der Waals surface area contributed by atoms with E-state index in [0.29, 0.717) is 18.8 Å². The zero-order chi connectivity index (χ0) is 14.5. The molecule has 0 aliphatic carbocycles. The second kappa shape index (κ2) is 6.31. The zero-order valence-corrected chi connectivity index (χ0v) is 11.7. The highest BCUT2D eigenvalue weighted by Gasteiger charge is 2.11. The predicted octanol–water partition coefficient (Wildman–Crippen LogP) is 0.804. The first-order valence-corrected chi connectivity index (χ1v) is 6.77. The molecule has 0 saturated heterocycles. The van der Waals surface area contributed by atoms with E-state index >= 15 is 0 Å². The maximum absolute atomic E-state index is 12.2. The van der Waals surface area contributed by atoms with Gasteiger partial charge in [0.2, 0.25) is 5.89 Å². The van der Waals surface area contributed by atoms with Gasteiger partial charge in [0, 0.05) is 25.2 Å². The third-order valence-corrected chi connectivity index (χ3v) is 2.88. The summed E-state index contributed by atoms with van der Waals surface area (Å²) >= 11 is 0. The van der Waals surface area contributed by atoms with Gasteiger partial charge in [0.15, 0.2) is 5.82 Å². The summed E-state index contributed by atoms with van der Waals surface area (Å²) in [5.74, 6) is 0.877. The molecule has 0 spiro atoms. The van der Waals surface area contributed by atoms with Crippen LogP contribution >= 0.6 is 0 Å². The highest BCUT2D eigenvalue weighted by Crippen LogP contribution is 2.00. The van der Waals surface area contributed by atoms with Crippen molar-refractivity contribution in [1.29, 1.82) is 0 Å². The van der Waals surface area contributed by atoms with E-state index in [-0.39, 0.29) is 23.7 Å². The highest BCUT2D eigenvalue weighted by atomic mass is 16.5. The molecule has 0 amide bonds. The number of hydrogen-bond acceptors (Lipinski definition) is 5. The van der Waals surface area contributed by atoms with Gasteiger partial charge in [0.1, 0.15) is 6.54 Å². The fourth-order valence-corrected chi connectivity index (χ4v) is 1.93. The monoisotopic (exact) mass is 278 g/mol. The largest absolute Gasteiger partial charge is 0.337 e. The fourth-order valence-electron chi connectivity index (χ4n) is 1.93. The smallest absolute Gasteiger partial charge is 0.331 e. The fraction of sp³-hybridized carbons (Fsp3) is 0.538. The van der Waals surface area contributed by atoms with E-state index in [4.69, 9.17) is 4.52 Å². The quantitative estimate of drug-likeness (QED) is 0.780. The molecule has 0 aliphatic rings. The molecule has 0 fully saturated rings. The van der Waals surface area contributed by atoms with Crippen LogP contribution in [-0.4, -0.2) is 19.3 Å². The van der Waals surface area contributed by atoms with Crippen LogP contribution in [0.25, 0.3) is 0 Å². The van der Waals surface area contributed by atoms with Crippen molar-refractivity contribution in [1.82, 2.24) is 19.3 Å². The minimum absolute atomic E-state index is 0.0128. The molecule has 7 nitrogen and oxygen atoms in total. The Labute approximate surface area is 115 Å². The van der Waals surface area contributed by atoms with Gasteiger partial charge in [0.25, 0.3) is 5.56 Å². The first kappa shape index (κ1) is 14.2. The molecule has 0 atom stereocenters. The molecule has 0 aromatic carbocycles. The molecule has 20 heavy (non-hydrogen) atoms. The van der Waals surface area contributed by atoms with Crippen molar-refractivity contribution in [2.24, 2.45) is 0 Å². The van der Waals surface area contributed by atoms with Crippen LogP contribution in [0.2, 0.25) is 0 Å². The average molecular weight is 278 g/mol. The first-order chi connectivity index (χ1) is 9.65. The second-order valence-electron chi connectivity index (χ2n) is 4.57. The van der Waals surface area contributed by atoms with Gasteiger partial charge < -0.3 is 9.09 Å². The molecule has 0 saturated carbocycles. The zero-order valence-electron chi connectivity index (χ0n) is 11.7. The summed E-state index contributed by atoms with van der Waals surface area (Å²) in [5, 5.41) is 3.81. The number of aromatic nitrogens is 4. The Balaban J connectivity index is 2.30. The summed E-state index contributed by atoms with van der Waals surface area (Å²) < 4.78 is 7.68. The number of aryl methyl sites for hydroxylation is 2. The molecule has 2 heterocycles. The lowest BCUT2D eigenvalue weighted by molar-refractivity contribution is 0.360. The standard InChI is InChI=1S/C13H18N4O3/c1-3-5-10-14-11(20-15-10)9-17-12(18)6-8-16(7-4-2)13(17)19/h6,8H,3-5,7,9H2,1-2H3. The van der Waals surface area contributed by atoms with Crippen molar-refractivity contribution in [2.75, 3.05) is 0 Å². The van der Waals surface area contributed by atoms with Crippen molar-refractivity contribution in [3.05, 3.63) is 44.8 Å². The Kier molecular flexibility index (Phi) is 4.49. The SMILES string of the molecule is CCCc1noc(Cn2c(=O)ccn(CCC)c2=O)n1. The Morgan fingerprint density at radius 3 is 2.75 bits per heavy atom. The topological polar surface area (TPSA) is 82.9 Å². The van der Waals surface area contributed by atoms with Crippen LogP contribution in [0.1, 0.15) is 38.4 Å². The van der Waals surface area contributed by atoms with Gasteiger partial charge in [-0.3, -0.25) is 9.36 Å². The van der Waals surface area contributed by atoms with Gasteiger partial charge >= 0.3 is 5.69 Å². The van der Waals surface area contributed by atoms with E-state index in [0.717, 1.165) is 17.4 Å². The van der Waals surface area contributed by atoms with Crippen molar-refractivity contribution in [3.8, 4) is 0 Å². The molecule has 0 N–H and O–H groups in total. The van der Waals surface area contributed by atoms with Crippen molar-refractivity contribution in [3.63, 3.8) is 0 Å². The summed E-state index contributed by atoms with van der Waals surface area (Å²) in [6.07, 6.45) is 3.96. The lowest BCUT2D eigenvalue weighted by Gasteiger charge is -2.06. The molecule has 0 aliphatic heterocycles. The molecule has 2 aromatic rings. The predicted molar refractivity (Wildman–Crippen MR) is 72.6 cm³/mol. The van der Waals surface area contributed by atoms with Crippen molar-refractivity contribution in [2.45, 2.75) is 46.2 Å². The third-order valence-electron chi connectivity index (χ3n) is 2.88. The lowest BCUT2D eigenvalue weighted by Crippen LogP contribution is -2.39.